The van der Waals surface area contributed by atoms with E-state index in [9.17, 15) is 19.2 Å². The summed E-state index contributed by atoms with van der Waals surface area (Å²) in [5, 5.41) is 12.4. The molecule has 0 saturated carbocycles. The van der Waals surface area contributed by atoms with E-state index in [4.69, 9.17) is 23.7 Å². The number of carbonyl (C=O) groups is 4. The summed E-state index contributed by atoms with van der Waals surface area (Å²) >= 11 is 0. The SMILES string of the molecule is CN1CCCC1CCNC(=O)Cc1ccc2c(c1)C(NC(=O)OC(C)(C)C)C(OC1C(NC(=O)OC(C)(C)C)c3cc(CC(=O)NCCC4CCCN4C)ccc3OC1(C)C)C(C)(C)O2. The summed E-state index contributed by atoms with van der Waals surface area (Å²) in [5.74, 6) is 0.847. The molecule has 0 bridgehead atoms. The molecule has 65 heavy (non-hydrogen) atoms. The summed E-state index contributed by atoms with van der Waals surface area (Å²) < 4.78 is 32.3. The van der Waals surface area contributed by atoms with Gasteiger partial charge in [-0.05, 0) is 170 Å². The number of amides is 4. The number of rotatable bonds is 14. The Labute approximate surface area is 386 Å². The van der Waals surface area contributed by atoms with Crippen LogP contribution in [-0.2, 0) is 36.6 Å². The molecule has 2 saturated heterocycles. The Bertz CT molecular complexity index is 1880. The van der Waals surface area contributed by atoms with Crippen molar-refractivity contribution in [2.24, 2.45) is 0 Å². The van der Waals surface area contributed by atoms with E-state index in [0.717, 1.165) is 49.9 Å². The van der Waals surface area contributed by atoms with Gasteiger partial charge in [-0.3, -0.25) is 9.59 Å². The van der Waals surface area contributed by atoms with Crippen LogP contribution in [0.2, 0.25) is 0 Å². The van der Waals surface area contributed by atoms with E-state index < -0.39 is 58.9 Å². The molecule has 0 spiro atoms. The molecule has 6 rings (SSSR count). The highest BCUT2D eigenvalue weighted by Gasteiger charge is 2.53. The lowest BCUT2D eigenvalue weighted by Gasteiger charge is -2.51. The summed E-state index contributed by atoms with van der Waals surface area (Å²) in [7, 11) is 4.26. The maximum absolute atomic E-state index is 13.8. The second-order valence-electron chi connectivity index (χ2n) is 21.6. The van der Waals surface area contributed by atoms with Crippen molar-refractivity contribution in [1.29, 1.82) is 0 Å². The van der Waals surface area contributed by atoms with E-state index in [1.165, 1.54) is 12.8 Å². The quantitative estimate of drug-likeness (QED) is 0.156. The van der Waals surface area contributed by atoms with Crippen molar-refractivity contribution in [2.75, 3.05) is 40.3 Å². The van der Waals surface area contributed by atoms with Crippen molar-refractivity contribution in [2.45, 2.75) is 179 Å². The minimum atomic E-state index is -1.07. The second kappa shape index (κ2) is 20.1. The van der Waals surface area contributed by atoms with Gasteiger partial charge in [0, 0.05) is 36.3 Å². The maximum Gasteiger partial charge on any atom is 0.408 e. The molecule has 4 amide bonds. The maximum atomic E-state index is 13.8. The molecule has 2 fully saturated rings. The fraction of sp³-hybridized carbons (Fsp3) is 0.680. The molecule has 6 unspecified atom stereocenters. The first-order valence-electron chi connectivity index (χ1n) is 23.6. The highest BCUT2D eigenvalue weighted by atomic mass is 16.6. The molecule has 360 valence electrons. The Morgan fingerprint density at radius 1 is 0.646 bits per heavy atom. The second-order valence-corrected chi connectivity index (χ2v) is 21.6. The number of nitrogens with one attached hydrogen (secondary N) is 4. The Morgan fingerprint density at radius 3 is 1.37 bits per heavy atom. The number of likely N-dealkylation sites (tertiary alicyclic amines) is 2. The zero-order valence-corrected chi connectivity index (χ0v) is 41.0. The monoisotopic (exact) mass is 905 g/mol. The summed E-state index contributed by atoms with van der Waals surface area (Å²) in [6.45, 7) is 21.6. The van der Waals surface area contributed by atoms with E-state index in [2.05, 4.69) is 45.2 Å². The third kappa shape index (κ3) is 13.3. The van der Waals surface area contributed by atoms with Crippen molar-refractivity contribution in [1.82, 2.24) is 31.1 Å². The number of fused-ring (bicyclic) bond motifs is 2. The van der Waals surface area contributed by atoms with Crippen LogP contribution in [0.25, 0.3) is 0 Å². The third-order valence-corrected chi connectivity index (χ3v) is 12.8. The summed E-state index contributed by atoms with van der Waals surface area (Å²) in [6.07, 6.45) is 3.52. The molecule has 0 aliphatic carbocycles. The molecule has 15 heteroatoms. The fourth-order valence-electron chi connectivity index (χ4n) is 9.66. The molecule has 4 heterocycles. The van der Waals surface area contributed by atoms with Gasteiger partial charge in [-0.15, -0.1) is 0 Å². The highest BCUT2D eigenvalue weighted by Crippen LogP contribution is 2.48. The van der Waals surface area contributed by atoms with Gasteiger partial charge in [0.25, 0.3) is 0 Å². The van der Waals surface area contributed by atoms with Crippen LogP contribution >= 0.6 is 0 Å². The predicted molar refractivity (Wildman–Crippen MR) is 249 cm³/mol. The first-order valence-corrected chi connectivity index (χ1v) is 23.6. The van der Waals surface area contributed by atoms with E-state index in [1.54, 1.807) is 41.5 Å². The molecule has 4 aliphatic rings. The molecule has 15 nitrogen and oxygen atoms in total. The summed E-state index contributed by atoms with van der Waals surface area (Å²) in [4.78, 5) is 58.8. The van der Waals surface area contributed by atoms with Gasteiger partial charge in [0.1, 0.15) is 46.1 Å². The predicted octanol–water partition coefficient (Wildman–Crippen LogP) is 6.90. The zero-order chi connectivity index (χ0) is 47.5. The molecule has 0 radical (unpaired) electrons. The molecule has 2 aromatic carbocycles. The highest BCUT2D eigenvalue weighted by molar-refractivity contribution is 5.79. The summed E-state index contributed by atoms with van der Waals surface area (Å²) in [6, 6.07) is 10.4. The van der Waals surface area contributed by atoms with E-state index >= 15 is 0 Å². The zero-order valence-electron chi connectivity index (χ0n) is 41.0. The van der Waals surface area contributed by atoms with Crippen molar-refractivity contribution in [3.8, 4) is 11.5 Å². The Morgan fingerprint density at radius 2 is 1.03 bits per heavy atom. The van der Waals surface area contributed by atoms with Crippen molar-refractivity contribution in [3.05, 3.63) is 58.7 Å². The average Bonchev–Trinajstić information content (AvgIpc) is 3.78. The summed E-state index contributed by atoms with van der Waals surface area (Å²) in [5.41, 5.74) is -1.06. The number of nitrogens with zero attached hydrogens (tertiary/aromatic N) is 2. The van der Waals surface area contributed by atoms with E-state index in [1.807, 2.05) is 64.1 Å². The number of carbonyl (C=O) groups excluding carboxylic acids is 4. The Hall–Kier alpha value is -4.60. The molecule has 4 aliphatic heterocycles. The number of ether oxygens (including phenoxy) is 5. The van der Waals surface area contributed by atoms with Crippen LogP contribution in [0.4, 0.5) is 9.59 Å². The largest absolute Gasteiger partial charge is 0.485 e. The number of benzene rings is 2. The van der Waals surface area contributed by atoms with Crippen LogP contribution in [0.3, 0.4) is 0 Å². The fourth-order valence-corrected chi connectivity index (χ4v) is 9.66. The van der Waals surface area contributed by atoms with Crippen molar-refractivity contribution >= 4 is 24.0 Å². The van der Waals surface area contributed by atoms with Crippen molar-refractivity contribution in [3.63, 3.8) is 0 Å². The smallest absolute Gasteiger partial charge is 0.408 e. The first kappa shape index (κ1) is 49.8. The molecule has 4 N–H and O–H groups in total. The third-order valence-electron chi connectivity index (χ3n) is 12.8. The van der Waals surface area contributed by atoms with Crippen LogP contribution in [0.1, 0.15) is 142 Å². The first-order chi connectivity index (χ1) is 30.4. The normalized spacial score (nSPS) is 25.0. The van der Waals surface area contributed by atoms with Gasteiger partial charge >= 0.3 is 12.2 Å². The average molecular weight is 905 g/mol. The van der Waals surface area contributed by atoms with Crippen molar-refractivity contribution < 1.29 is 42.9 Å². The lowest BCUT2D eigenvalue weighted by Crippen LogP contribution is -2.62. The molecule has 0 aromatic heterocycles. The van der Waals surface area contributed by atoms with Crippen LogP contribution in [-0.4, -0.2) is 121 Å². The number of hydrogen-bond donors (Lipinski definition) is 4. The molecular weight excluding hydrogens is 829 g/mol. The van der Waals surface area contributed by atoms with Gasteiger partial charge < -0.3 is 54.8 Å². The van der Waals surface area contributed by atoms with Gasteiger partial charge in [-0.2, -0.15) is 0 Å². The van der Waals surface area contributed by atoms with Crippen LogP contribution in [0.5, 0.6) is 11.5 Å². The van der Waals surface area contributed by atoms with Crippen LogP contribution in [0, 0.1) is 0 Å². The van der Waals surface area contributed by atoms with E-state index in [-0.39, 0.29) is 24.7 Å². The van der Waals surface area contributed by atoms with Crippen LogP contribution < -0.4 is 30.7 Å². The minimum absolute atomic E-state index is 0.100. The van der Waals surface area contributed by atoms with Gasteiger partial charge in [0.2, 0.25) is 11.8 Å². The molecule has 2 aromatic rings. The van der Waals surface area contributed by atoms with Gasteiger partial charge in [-0.25, -0.2) is 9.59 Å². The lowest BCUT2D eigenvalue weighted by molar-refractivity contribution is -0.187. The topological polar surface area (TPSA) is 169 Å². The molecule has 6 atom stereocenters. The molecular formula is C50H76N6O9. The van der Waals surface area contributed by atoms with E-state index in [0.29, 0.717) is 47.8 Å². The minimum Gasteiger partial charge on any atom is -0.485 e. The number of alkyl carbamates (subject to hydrolysis) is 2. The number of hydrogen-bond acceptors (Lipinski definition) is 11. The van der Waals surface area contributed by atoms with Gasteiger partial charge in [-0.1, -0.05) is 12.1 Å². The lowest BCUT2D eigenvalue weighted by atomic mass is 9.82. The van der Waals surface area contributed by atoms with Crippen LogP contribution in [0.15, 0.2) is 36.4 Å². The van der Waals surface area contributed by atoms with Gasteiger partial charge in [0.05, 0.1) is 24.9 Å². The Balaban J connectivity index is 1.30. The Kier molecular flexibility index (Phi) is 15.4. The standard InChI is InChI=1S/C50H76N6O9/c1-47(2,3)64-45(59)53-41-35-27-31(29-39(57)51-23-21-33-15-13-25-55(33)11)17-19-37(35)62-49(7,8)43(41)61-44-42(54-46(60)65-48(4,5)6)36-28-32(18-20-38(36)63-50(44,9)10)30-40(58)52-24-22-34-16-14-26-56(34)12/h17-20,27-28,33-34,41-44H,13-16,21-26,29-30H2,1-12H3,(H,51,57)(H,52,58)(H,53,59)(H,54,60). The van der Waals surface area contributed by atoms with Gasteiger partial charge in [0.15, 0.2) is 0 Å².